The van der Waals surface area contributed by atoms with Crippen molar-refractivity contribution in [2.24, 2.45) is 5.73 Å². The van der Waals surface area contributed by atoms with E-state index < -0.39 is 0 Å². The molecule has 1 aliphatic rings. The summed E-state index contributed by atoms with van der Waals surface area (Å²) in [5, 5.41) is 12.5. The van der Waals surface area contributed by atoms with Crippen LogP contribution in [0.3, 0.4) is 0 Å². The van der Waals surface area contributed by atoms with Gasteiger partial charge in [-0.3, -0.25) is 0 Å². The Morgan fingerprint density at radius 1 is 1.54 bits per heavy atom. The molecule has 1 fully saturated rings. The van der Waals surface area contributed by atoms with Gasteiger partial charge in [-0.1, -0.05) is 13.3 Å². The summed E-state index contributed by atoms with van der Waals surface area (Å²) in [6.07, 6.45) is 5.65. The van der Waals surface area contributed by atoms with Crippen LogP contribution < -0.4 is 11.1 Å². The molecule has 1 saturated carbocycles. The van der Waals surface area contributed by atoms with Gasteiger partial charge in [0.15, 0.2) is 0 Å². The molecule has 0 amide bonds. The number of rotatable bonds is 4. The molecule has 4 N–H and O–H groups in total. The van der Waals surface area contributed by atoms with Gasteiger partial charge in [0.2, 0.25) is 0 Å². The van der Waals surface area contributed by atoms with Crippen LogP contribution in [0, 0.1) is 0 Å². The summed E-state index contributed by atoms with van der Waals surface area (Å²) in [5.74, 6) is 0. The molecule has 3 nitrogen and oxygen atoms in total. The Bertz CT molecular complexity index is 137. The van der Waals surface area contributed by atoms with E-state index in [0.29, 0.717) is 12.1 Å². The van der Waals surface area contributed by atoms with Crippen LogP contribution in [0.1, 0.15) is 39.0 Å². The highest BCUT2D eigenvalue weighted by atomic mass is 16.3. The minimum absolute atomic E-state index is 0.238. The summed E-state index contributed by atoms with van der Waals surface area (Å²) in [5.41, 5.74) is 5.88. The fourth-order valence-corrected chi connectivity index (χ4v) is 2.01. The molecule has 0 spiro atoms. The SMILES string of the molecule is CCC(CO)NC1CCCC(N)C1. The average Bonchev–Trinajstić information content (AvgIpc) is 2.14. The molecule has 0 aromatic carbocycles. The van der Waals surface area contributed by atoms with E-state index in [1.54, 1.807) is 0 Å². The summed E-state index contributed by atoms with van der Waals surface area (Å²) in [4.78, 5) is 0. The maximum atomic E-state index is 9.03. The quantitative estimate of drug-likeness (QED) is 0.603. The lowest BCUT2D eigenvalue weighted by Gasteiger charge is -2.30. The molecular weight excluding hydrogens is 164 g/mol. The van der Waals surface area contributed by atoms with Crippen LogP contribution in [-0.4, -0.2) is 29.8 Å². The molecule has 0 saturated heterocycles. The minimum atomic E-state index is 0.238. The number of aliphatic hydroxyl groups excluding tert-OH is 1. The van der Waals surface area contributed by atoms with Gasteiger partial charge in [-0.05, 0) is 25.7 Å². The smallest absolute Gasteiger partial charge is 0.0584 e. The third kappa shape index (κ3) is 3.63. The molecule has 0 aromatic rings. The first-order valence-corrected chi connectivity index (χ1v) is 5.38. The lowest BCUT2D eigenvalue weighted by atomic mass is 9.91. The first-order chi connectivity index (χ1) is 6.26. The van der Waals surface area contributed by atoms with E-state index in [2.05, 4.69) is 12.2 Å². The Balaban J connectivity index is 2.26. The number of nitrogens with one attached hydrogen (secondary N) is 1. The summed E-state index contributed by atoms with van der Waals surface area (Å²) in [7, 11) is 0. The third-order valence-electron chi connectivity index (χ3n) is 2.90. The number of hydrogen-bond donors (Lipinski definition) is 3. The Kier molecular flexibility index (Phi) is 4.70. The molecule has 0 aliphatic heterocycles. The van der Waals surface area contributed by atoms with E-state index >= 15 is 0 Å². The third-order valence-corrected chi connectivity index (χ3v) is 2.90. The Morgan fingerprint density at radius 3 is 2.85 bits per heavy atom. The van der Waals surface area contributed by atoms with Crippen LogP contribution in [0.15, 0.2) is 0 Å². The van der Waals surface area contributed by atoms with Gasteiger partial charge in [-0.2, -0.15) is 0 Å². The van der Waals surface area contributed by atoms with E-state index in [4.69, 9.17) is 10.8 Å². The van der Waals surface area contributed by atoms with Gasteiger partial charge in [0.1, 0.15) is 0 Å². The summed E-state index contributed by atoms with van der Waals surface area (Å²) < 4.78 is 0. The Labute approximate surface area is 80.7 Å². The van der Waals surface area contributed by atoms with E-state index in [-0.39, 0.29) is 12.6 Å². The van der Waals surface area contributed by atoms with E-state index in [9.17, 15) is 0 Å². The lowest BCUT2D eigenvalue weighted by molar-refractivity contribution is 0.211. The van der Waals surface area contributed by atoms with Crippen molar-refractivity contribution in [1.29, 1.82) is 0 Å². The first-order valence-electron chi connectivity index (χ1n) is 5.38. The number of nitrogens with two attached hydrogens (primary N) is 1. The zero-order chi connectivity index (χ0) is 9.68. The van der Waals surface area contributed by atoms with Gasteiger partial charge in [-0.25, -0.2) is 0 Å². The molecule has 78 valence electrons. The van der Waals surface area contributed by atoms with Crippen LogP contribution in [0.4, 0.5) is 0 Å². The van der Waals surface area contributed by atoms with Gasteiger partial charge in [-0.15, -0.1) is 0 Å². The molecule has 0 heterocycles. The van der Waals surface area contributed by atoms with Crippen molar-refractivity contribution in [1.82, 2.24) is 5.32 Å². The van der Waals surface area contributed by atoms with Gasteiger partial charge in [0.05, 0.1) is 6.61 Å². The molecule has 3 heteroatoms. The van der Waals surface area contributed by atoms with E-state index in [0.717, 1.165) is 19.3 Å². The molecule has 1 rings (SSSR count). The summed E-state index contributed by atoms with van der Waals surface area (Å²) in [6, 6.07) is 1.15. The summed E-state index contributed by atoms with van der Waals surface area (Å²) in [6.45, 7) is 2.33. The van der Waals surface area contributed by atoms with Crippen molar-refractivity contribution < 1.29 is 5.11 Å². The molecule has 1 aliphatic carbocycles. The zero-order valence-electron chi connectivity index (χ0n) is 8.50. The molecule has 0 aromatic heterocycles. The van der Waals surface area contributed by atoms with Crippen LogP contribution in [0.25, 0.3) is 0 Å². The van der Waals surface area contributed by atoms with Crippen molar-refractivity contribution in [3.8, 4) is 0 Å². The number of aliphatic hydroxyl groups is 1. The van der Waals surface area contributed by atoms with Crippen LogP contribution in [0.2, 0.25) is 0 Å². The fourth-order valence-electron chi connectivity index (χ4n) is 2.01. The predicted octanol–water partition coefficient (Wildman–Crippen LogP) is 0.617. The van der Waals surface area contributed by atoms with Crippen LogP contribution in [0.5, 0.6) is 0 Å². The molecule has 0 radical (unpaired) electrons. The lowest BCUT2D eigenvalue weighted by Crippen LogP contribution is -2.45. The first kappa shape index (κ1) is 11.0. The predicted molar refractivity (Wildman–Crippen MR) is 54.5 cm³/mol. The Morgan fingerprint density at radius 2 is 2.31 bits per heavy atom. The monoisotopic (exact) mass is 186 g/mol. The van der Waals surface area contributed by atoms with Crippen LogP contribution in [-0.2, 0) is 0 Å². The molecule has 13 heavy (non-hydrogen) atoms. The van der Waals surface area contributed by atoms with E-state index in [1.165, 1.54) is 12.8 Å². The van der Waals surface area contributed by atoms with Crippen LogP contribution >= 0.6 is 0 Å². The topological polar surface area (TPSA) is 58.3 Å². The molecule has 0 bridgehead atoms. The van der Waals surface area contributed by atoms with Crippen molar-refractivity contribution in [2.45, 2.75) is 57.2 Å². The minimum Gasteiger partial charge on any atom is -0.395 e. The highest BCUT2D eigenvalue weighted by Gasteiger charge is 2.20. The highest BCUT2D eigenvalue weighted by molar-refractivity contribution is 4.82. The van der Waals surface area contributed by atoms with Gasteiger partial charge in [0.25, 0.3) is 0 Å². The summed E-state index contributed by atoms with van der Waals surface area (Å²) >= 11 is 0. The fraction of sp³-hybridized carbons (Fsp3) is 1.00. The van der Waals surface area contributed by atoms with Crippen molar-refractivity contribution in [3.05, 3.63) is 0 Å². The second kappa shape index (κ2) is 5.58. The normalized spacial score (nSPS) is 31.6. The van der Waals surface area contributed by atoms with Gasteiger partial charge in [0, 0.05) is 18.1 Å². The molecule has 3 unspecified atom stereocenters. The number of hydrogen-bond acceptors (Lipinski definition) is 3. The molecular formula is C10H22N2O. The zero-order valence-corrected chi connectivity index (χ0v) is 8.50. The standard InChI is InChI=1S/C10H22N2O/c1-2-9(7-13)12-10-5-3-4-8(11)6-10/h8-10,12-13H,2-7,11H2,1H3. The van der Waals surface area contributed by atoms with Crippen molar-refractivity contribution in [2.75, 3.05) is 6.61 Å². The van der Waals surface area contributed by atoms with Gasteiger partial charge >= 0.3 is 0 Å². The van der Waals surface area contributed by atoms with Gasteiger partial charge < -0.3 is 16.2 Å². The highest BCUT2D eigenvalue weighted by Crippen LogP contribution is 2.17. The second-order valence-corrected chi connectivity index (χ2v) is 4.08. The molecule has 3 atom stereocenters. The maximum Gasteiger partial charge on any atom is 0.0584 e. The van der Waals surface area contributed by atoms with Crippen molar-refractivity contribution >= 4 is 0 Å². The average molecular weight is 186 g/mol. The second-order valence-electron chi connectivity index (χ2n) is 4.08. The maximum absolute atomic E-state index is 9.03. The van der Waals surface area contributed by atoms with Crippen molar-refractivity contribution in [3.63, 3.8) is 0 Å². The van der Waals surface area contributed by atoms with E-state index in [1.807, 2.05) is 0 Å². The largest absolute Gasteiger partial charge is 0.395 e. The Hall–Kier alpha value is -0.120.